The van der Waals surface area contributed by atoms with E-state index in [0.29, 0.717) is 18.9 Å². The van der Waals surface area contributed by atoms with Gasteiger partial charge in [0.1, 0.15) is 0 Å². The lowest BCUT2D eigenvalue weighted by Crippen LogP contribution is -2.32. The fourth-order valence-electron chi connectivity index (χ4n) is 2.09. The monoisotopic (exact) mass is 272 g/mol. The number of hydrogen-bond donors (Lipinski definition) is 1. The van der Waals surface area contributed by atoms with Crippen LogP contribution in [0.15, 0.2) is 43.0 Å². The molecule has 5 nitrogen and oxygen atoms in total. The standard InChI is InChI=1S/C15H20N4O/c1-12(2)15(13-5-3-7-16-11-13)18-14(20)6-10-19-9-4-8-17-19/h3-5,7-9,11-12,15H,6,10H2,1-2H3,(H,18,20)/t15-/m1/s1. The molecule has 0 aliphatic carbocycles. The Hall–Kier alpha value is -2.17. The summed E-state index contributed by atoms with van der Waals surface area (Å²) in [5, 5.41) is 7.16. The highest BCUT2D eigenvalue weighted by Crippen LogP contribution is 2.20. The molecule has 0 saturated heterocycles. The maximum absolute atomic E-state index is 12.1. The van der Waals surface area contributed by atoms with Gasteiger partial charge in [-0.3, -0.25) is 14.5 Å². The summed E-state index contributed by atoms with van der Waals surface area (Å²) in [4.78, 5) is 16.2. The summed E-state index contributed by atoms with van der Waals surface area (Å²) >= 11 is 0. The fourth-order valence-corrected chi connectivity index (χ4v) is 2.09. The molecule has 2 heterocycles. The van der Waals surface area contributed by atoms with E-state index in [2.05, 4.69) is 29.2 Å². The van der Waals surface area contributed by atoms with Crippen LogP contribution in [0, 0.1) is 5.92 Å². The summed E-state index contributed by atoms with van der Waals surface area (Å²) < 4.78 is 1.76. The average molecular weight is 272 g/mol. The molecule has 106 valence electrons. The van der Waals surface area contributed by atoms with Crippen molar-refractivity contribution in [2.24, 2.45) is 5.92 Å². The Morgan fingerprint density at radius 3 is 2.80 bits per heavy atom. The first-order valence-electron chi connectivity index (χ1n) is 6.83. The molecule has 0 aliphatic rings. The SMILES string of the molecule is CC(C)[C@@H](NC(=O)CCn1cccn1)c1cccnc1. The van der Waals surface area contributed by atoms with Gasteiger partial charge in [0, 0.05) is 37.8 Å². The molecule has 0 fully saturated rings. The summed E-state index contributed by atoms with van der Waals surface area (Å²) in [5.74, 6) is 0.343. The van der Waals surface area contributed by atoms with Crippen LogP contribution in [0.2, 0.25) is 0 Å². The van der Waals surface area contributed by atoms with Crippen LogP contribution in [-0.4, -0.2) is 20.7 Å². The van der Waals surface area contributed by atoms with E-state index < -0.39 is 0 Å². The third kappa shape index (κ3) is 3.91. The predicted molar refractivity (Wildman–Crippen MR) is 76.8 cm³/mol. The number of aromatic nitrogens is 3. The first-order valence-corrected chi connectivity index (χ1v) is 6.83. The van der Waals surface area contributed by atoms with Gasteiger partial charge >= 0.3 is 0 Å². The molecule has 0 spiro atoms. The minimum absolute atomic E-state index is 0.00572. The maximum atomic E-state index is 12.1. The second kappa shape index (κ2) is 6.84. The fraction of sp³-hybridized carbons (Fsp3) is 0.400. The second-order valence-electron chi connectivity index (χ2n) is 5.09. The van der Waals surface area contributed by atoms with Gasteiger partial charge < -0.3 is 5.32 Å². The number of aryl methyl sites for hydroxylation is 1. The molecule has 20 heavy (non-hydrogen) atoms. The number of amides is 1. The highest BCUT2D eigenvalue weighted by Gasteiger charge is 2.18. The Kier molecular flexibility index (Phi) is 4.87. The van der Waals surface area contributed by atoms with Gasteiger partial charge in [0.15, 0.2) is 0 Å². The molecule has 0 saturated carbocycles. The van der Waals surface area contributed by atoms with Gasteiger partial charge in [-0.2, -0.15) is 5.10 Å². The number of rotatable bonds is 6. The van der Waals surface area contributed by atoms with E-state index in [-0.39, 0.29) is 11.9 Å². The molecule has 2 aromatic rings. The van der Waals surface area contributed by atoms with Crippen molar-refractivity contribution in [3.05, 3.63) is 48.5 Å². The molecule has 0 unspecified atom stereocenters. The summed E-state index contributed by atoms with van der Waals surface area (Å²) in [6, 6.07) is 5.73. The lowest BCUT2D eigenvalue weighted by Gasteiger charge is -2.22. The molecular weight excluding hydrogens is 252 g/mol. The van der Waals surface area contributed by atoms with E-state index in [1.54, 1.807) is 23.3 Å². The van der Waals surface area contributed by atoms with Crippen molar-refractivity contribution in [3.63, 3.8) is 0 Å². The largest absolute Gasteiger partial charge is 0.349 e. The van der Waals surface area contributed by atoms with Gasteiger partial charge in [-0.1, -0.05) is 19.9 Å². The molecule has 1 N–H and O–H groups in total. The molecule has 0 bridgehead atoms. The molecule has 0 aliphatic heterocycles. The third-order valence-corrected chi connectivity index (χ3v) is 3.15. The topological polar surface area (TPSA) is 59.8 Å². The van der Waals surface area contributed by atoms with Crippen LogP contribution in [0.3, 0.4) is 0 Å². The second-order valence-corrected chi connectivity index (χ2v) is 5.09. The smallest absolute Gasteiger partial charge is 0.222 e. The third-order valence-electron chi connectivity index (χ3n) is 3.15. The number of pyridine rings is 1. The molecule has 2 aromatic heterocycles. The first kappa shape index (κ1) is 14.2. The average Bonchev–Trinajstić information content (AvgIpc) is 2.96. The molecule has 5 heteroatoms. The highest BCUT2D eigenvalue weighted by molar-refractivity contribution is 5.76. The van der Waals surface area contributed by atoms with Crippen LogP contribution >= 0.6 is 0 Å². The summed E-state index contributed by atoms with van der Waals surface area (Å²) in [5.41, 5.74) is 1.04. The van der Waals surface area contributed by atoms with Crippen LogP contribution in [0.1, 0.15) is 31.9 Å². The van der Waals surface area contributed by atoms with Crippen molar-refractivity contribution >= 4 is 5.91 Å². The Labute approximate surface area is 119 Å². The van der Waals surface area contributed by atoms with E-state index >= 15 is 0 Å². The molecule has 1 atom stereocenters. The predicted octanol–water partition coefficient (Wildman–Crippen LogP) is 2.18. The van der Waals surface area contributed by atoms with E-state index in [4.69, 9.17) is 0 Å². The van der Waals surface area contributed by atoms with Gasteiger partial charge in [-0.15, -0.1) is 0 Å². The van der Waals surface area contributed by atoms with Crippen LogP contribution in [-0.2, 0) is 11.3 Å². The van der Waals surface area contributed by atoms with E-state index in [9.17, 15) is 4.79 Å². The van der Waals surface area contributed by atoms with Gasteiger partial charge in [-0.25, -0.2) is 0 Å². The zero-order chi connectivity index (χ0) is 14.4. The maximum Gasteiger partial charge on any atom is 0.222 e. The van der Waals surface area contributed by atoms with Gasteiger partial charge in [0.2, 0.25) is 5.91 Å². The number of carbonyl (C=O) groups excluding carboxylic acids is 1. The number of nitrogens with zero attached hydrogens (tertiary/aromatic N) is 3. The van der Waals surface area contributed by atoms with Crippen molar-refractivity contribution in [1.29, 1.82) is 0 Å². The molecule has 0 radical (unpaired) electrons. The number of nitrogens with one attached hydrogen (secondary N) is 1. The lowest BCUT2D eigenvalue weighted by atomic mass is 9.97. The quantitative estimate of drug-likeness (QED) is 0.876. The van der Waals surface area contributed by atoms with Gasteiger partial charge in [0.05, 0.1) is 6.04 Å². The highest BCUT2D eigenvalue weighted by atomic mass is 16.1. The molecule has 2 rings (SSSR count). The van der Waals surface area contributed by atoms with Crippen LogP contribution in [0.5, 0.6) is 0 Å². The van der Waals surface area contributed by atoms with Crippen LogP contribution in [0.4, 0.5) is 0 Å². The van der Waals surface area contributed by atoms with Crippen molar-refractivity contribution < 1.29 is 4.79 Å². The first-order chi connectivity index (χ1) is 9.66. The Morgan fingerprint density at radius 2 is 2.20 bits per heavy atom. The van der Waals surface area contributed by atoms with Crippen LogP contribution < -0.4 is 5.32 Å². The van der Waals surface area contributed by atoms with Crippen molar-refractivity contribution in [2.45, 2.75) is 32.9 Å². The van der Waals surface area contributed by atoms with Crippen LogP contribution in [0.25, 0.3) is 0 Å². The molecular formula is C15H20N4O. The van der Waals surface area contributed by atoms with Gasteiger partial charge in [-0.05, 0) is 23.6 Å². The van der Waals surface area contributed by atoms with E-state index in [1.807, 2.05) is 24.4 Å². The van der Waals surface area contributed by atoms with Gasteiger partial charge in [0.25, 0.3) is 0 Å². The van der Waals surface area contributed by atoms with Crippen molar-refractivity contribution in [1.82, 2.24) is 20.1 Å². The Balaban J connectivity index is 1.93. The zero-order valence-corrected chi connectivity index (χ0v) is 11.9. The van der Waals surface area contributed by atoms with Crippen molar-refractivity contribution in [2.75, 3.05) is 0 Å². The summed E-state index contributed by atoms with van der Waals surface area (Å²) in [6.07, 6.45) is 7.53. The molecule has 1 amide bonds. The summed E-state index contributed by atoms with van der Waals surface area (Å²) in [7, 11) is 0. The summed E-state index contributed by atoms with van der Waals surface area (Å²) in [6.45, 7) is 4.77. The lowest BCUT2D eigenvalue weighted by molar-refractivity contribution is -0.122. The molecule has 0 aromatic carbocycles. The Bertz CT molecular complexity index is 522. The normalized spacial score (nSPS) is 12.3. The van der Waals surface area contributed by atoms with E-state index in [0.717, 1.165) is 5.56 Å². The number of carbonyl (C=O) groups is 1. The van der Waals surface area contributed by atoms with Crippen molar-refractivity contribution in [3.8, 4) is 0 Å². The zero-order valence-electron chi connectivity index (χ0n) is 11.9. The van der Waals surface area contributed by atoms with E-state index in [1.165, 1.54) is 0 Å². The Morgan fingerprint density at radius 1 is 1.35 bits per heavy atom. The minimum Gasteiger partial charge on any atom is -0.349 e. The minimum atomic E-state index is -0.00572. The number of hydrogen-bond acceptors (Lipinski definition) is 3.